The van der Waals surface area contributed by atoms with Crippen molar-refractivity contribution >= 4 is 21.9 Å². The van der Waals surface area contributed by atoms with Gasteiger partial charge in [0.15, 0.2) is 0 Å². The molecule has 0 fully saturated rings. The number of carbonyl (C=O) groups is 1. The number of benzene rings is 2. The maximum atomic E-state index is 13.7. The molecule has 116 valence electrons. The molecule has 0 spiro atoms. The number of carbonyl (C=O) groups excluding carboxylic acids is 1. The van der Waals surface area contributed by atoms with E-state index in [1.54, 1.807) is 25.1 Å². The van der Waals surface area contributed by atoms with Gasteiger partial charge in [0.1, 0.15) is 18.2 Å². The van der Waals surface area contributed by atoms with Crippen LogP contribution in [-0.2, 0) is 11.3 Å². The van der Waals surface area contributed by atoms with E-state index in [4.69, 9.17) is 9.47 Å². The van der Waals surface area contributed by atoms with Gasteiger partial charge in [-0.2, -0.15) is 0 Å². The van der Waals surface area contributed by atoms with E-state index >= 15 is 0 Å². The smallest absolute Gasteiger partial charge is 0.338 e. The number of aryl methyl sites for hydroxylation is 2. The zero-order chi connectivity index (χ0) is 16.3. The SMILES string of the molecule is COC(=O)c1cccc(Br)c1COc1cc(F)c(C)cc1C. The van der Waals surface area contributed by atoms with Gasteiger partial charge in [-0.15, -0.1) is 0 Å². The lowest BCUT2D eigenvalue weighted by molar-refractivity contribution is 0.0597. The fourth-order valence-corrected chi connectivity index (χ4v) is 2.60. The van der Waals surface area contributed by atoms with E-state index in [0.717, 1.165) is 10.0 Å². The summed E-state index contributed by atoms with van der Waals surface area (Å²) >= 11 is 3.40. The van der Waals surface area contributed by atoms with Gasteiger partial charge in [0.25, 0.3) is 0 Å². The molecule has 0 amide bonds. The van der Waals surface area contributed by atoms with Crippen molar-refractivity contribution in [2.45, 2.75) is 20.5 Å². The summed E-state index contributed by atoms with van der Waals surface area (Å²) in [6, 6.07) is 8.31. The summed E-state index contributed by atoms with van der Waals surface area (Å²) in [6.07, 6.45) is 0. The standard InChI is InChI=1S/C17H16BrFO3/c1-10-7-11(2)16(8-15(10)19)22-9-13-12(17(20)21-3)5-4-6-14(13)18/h4-8H,9H2,1-3H3. The third-order valence-corrected chi connectivity index (χ3v) is 4.10. The molecule has 2 aromatic carbocycles. The second-order valence-electron chi connectivity index (χ2n) is 4.91. The van der Waals surface area contributed by atoms with E-state index in [9.17, 15) is 9.18 Å². The summed E-state index contributed by atoms with van der Waals surface area (Å²) in [5.41, 5.74) is 2.49. The lowest BCUT2D eigenvalue weighted by Gasteiger charge is -2.14. The third kappa shape index (κ3) is 3.47. The van der Waals surface area contributed by atoms with E-state index in [0.29, 0.717) is 22.4 Å². The summed E-state index contributed by atoms with van der Waals surface area (Å²) in [5.74, 6) is -0.303. The quantitative estimate of drug-likeness (QED) is 0.743. The Bertz CT molecular complexity index is 713. The van der Waals surface area contributed by atoms with Crippen LogP contribution in [0.1, 0.15) is 27.0 Å². The zero-order valence-corrected chi connectivity index (χ0v) is 14.2. The summed E-state index contributed by atoms with van der Waals surface area (Å²) in [6.45, 7) is 3.69. The van der Waals surface area contributed by atoms with Crippen LogP contribution >= 0.6 is 15.9 Å². The predicted octanol–water partition coefficient (Wildman–Crippen LogP) is 4.57. The van der Waals surface area contributed by atoms with Crippen molar-refractivity contribution in [1.29, 1.82) is 0 Å². The average molecular weight is 367 g/mol. The number of ether oxygens (including phenoxy) is 2. The fourth-order valence-electron chi connectivity index (χ4n) is 2.12. The first kappa shape index (κ1) is 16.5. The number of methoxy groups -OCH3 is 1. The summed E-state index contributed by atoms with van der Waals surface area (Å²) in [5, 5.41) is 0. The molecule has 0 aliphatic carbocycles. The molecule has 0 aliphatic heterocycles. The van der Waals surface area contributed by atoms with Gasteiger partial charge in [-0.25, -0.2) is 9.18 Å². The maximum absolute atomic E-state index is 13.7. The van der Waals surface area contributed by atoms with Crippen LogP contribution < -0.4 is 4.74 Å². The van der Waals surface area contributed by atoms with Crippen molar-refractivity contribution in [1.82, 2.24) is 0 Å². The van der Waals surface area contributed by atoms with Gasteiger partial charge in [0.05, 0.1) is 12.7 Å². The first-order valence-electron chi connectivity index (χ1n) is 6.69. The molecule has 0 bridgehead atoms. The minimum absolute atomic E-state index is 0.134. The van der Waals surface area contributed by atoms with Crippen LogP contribution in [0, 0.1) is 19.7 Å². The Balaban J connectivity index is 2.29. The number of halogens is 2. The van der Waals surface area contributed by atoms with Crippen molar-refractivity contribution in [3.8, 4) is 5.75 Å². The Morgan fingerprint density at radius 2 is 1.95 bits per heavy atom. The van der Waals surface area contributed by atoms with E-state index in [-0.39, 0.29) is 12.4 Å². The number of hydrogen-bond acceptors (Lipinski definition) is 3. The largest absolute Gasteiger partial charge is 0.488 e. The third-order valence-electron chi connectivity index (χ3n) is 3.35. The van der Waals surface area contributed by atoms with E-state index in [1.807, 2.05) is 13.0 Å². The molecule has 0 N–H and O–H groups in total. The highest BCUT2D eigenvalue weighted by atomic mass is 79.9. The van der Waals surface area contributed by atoms with E-state index < -0.39 is 5.97 Å². The van der Waals surface area contributed by atoms with Crippen LogP contribution in [0.2, 0.25) is 0 Å². The molecule has 0 heterocycles. The zero-order valence-electron chi connectivity index (χ0n) is 12.6. The molecule has 0 aliphatic rings. The van der Waals surface area contributed by atoms with E-state index in [2.05, 4.69) is 15.9 Å². The Kier molecular flexibility index (Phi) is 5.19. The van der Waals surface area contributed by atoms with Gasteiger partial charge in [-0.05, 0) is 43.2 Å². The topological polar surface area (TPSA) is 35.5 Å². The lowest BCUT2D eigenvalue weighted by atomic mass is 10.1. The molecule has 2 aromatic rings. The van der Waals surface area contributed by atoms with Crippen LogP contribution in [0.4, 0.5) is 4.39 Å². The van der Waals surface area contributed by atoms with Gasteiger partial charge >= 0.3 is 5.97 Å². The summed E-state index contributed by atoms with van der Waals surface area (Å²) in [4.78, 5) is 11.8. The highest BCUT2D eigenvalue weighted by Crippen LogP contribution is 2.26. The number of esters is 1. The molecule has 0 unspecified atom stereocenters. The van der Waals surface area contributed by atoms with Crippen LogP contribution in [0.25, 0.3) is 0 Å². The van der Waals surface area contributed by atoms with Gasteiger partial charge in [-0.3, -0.25) is 0 Å². The second kappa shape index (κ2) is 6.92. The molecule has 0 atom stereocenters. The molecule has 0 saturated carbocycles. The molecule has 0 radical (unpaired) electrons. The van der Waals surface area contributed by atoms with Crippen LogP contribution in [0.3, 0.4) is 0 Å². The number of hydrogen-bond donors (Lipinski definition) is 0. The Morgan fingerprint density at radius 3 is 2.64 bits per heavy atom. The molecule has 0 aromatic heterocycles. The van der Waals surface area contributed by atoms with Crippen LogP contribution in [0.15, 0.2) is 34.8 Å². The average Bonchev–Trinajstić information content (AvgIpc) is 2.49. The molecule has 2 rings (SSSR count). The van der Waals surface area contributed by atoms with Crippen molar-refractivity contribution in [2.75, 3.05) is 7.11 Å². The number of rotatable bonds is 4. The second-order valence-corrected chi connectivity index (χ2v) is 5.77. The minimum Gasteiger partial charge on any atom is -0.488 e. The van der Waals surface area contributed by atoms with Crippen LogP contribution in [-0.4, -0.2) is 13.1 Å². The predicted molar refractivity (Wildman–Crippen MR) is 85.7 cm³/mol. The Hall–Kier alpha value is -1.88. The first-order valence-corrected chi connectivity index (χ1v) is 7.48. The Labute approximate surface area is 137 Å². The molecular formula is C17H16BrFO3. The highest BCUT2D eigenvalue weighted by Gasteiger charge is 2.15. The van der Waals surface area contributed by atoms with Gasteiger partial charge < -0.3 is 9.47 Å². The lowest BCUT2D eigenvalue weighted by Crippen LogP contribution is -2.09. The van der Waals surface area contributed by atoms with Crippen molar-refractivity contribution in [3.63, 3.8) is 0 Å². The molecule has 5 heteroatoms. The van der Waals surface area contributed by atoms with E-state index in [1.165, 1.54) is 13.2 Å². The normalized spacial score (nSPS) is 10.4. The molecule has 3 nitrogen and oxygen atoms in total. The van der Waals surface area contributed by atoms with Gasteiger partial charge in [0, 0.05) is 16.1 Å². The molecule has 0 saturated heterocycles. The fraction of sp³-hybridized carbons (Fsp3) is 0.235. The molecular weight excluding hydrogens is 351 g/mol. The molecule has 22 heavy (non-hydrogen) atoms. The Morgan fingerprint density at radius 1 is 1.23 bits per heavy atom. The van der Waals surface area contributed by atoms with Crippen molar-refractivity contribution in [3.05, 3.63) is 62.9 Å². The maximum Gasteiger partial charge on any atom is 0.338 e. The summed E-state index contributed by atoms with van der Waals surface area (Å²) < 4.78 is 24.9. The van der Waals surface area contributed by atoms with Crippen LogP contribution in [0.5, 0.6) is 5.75 Å². The minimum atomic E-state index is -0.438. The first-order chi connectivity index (χ1) is 10.4. The van der Waals surface area contributed by atoms with Gasteiger partial charge in [0.2, 0.25) is 0 Å². The summed E-state index contributed by atoms with van der Waals surface area (Å²) in [7, 11) is 1.33. The van der Waals surface area contributed by atoms with Crippen molar-refractivity contribution in [2.24, 2.45) is 0 Å². The highest BCUT2D eigenvalue weighted by molar-refractivity contribution is 9.10. The monoisotopic (exact) mass is 366 g/mol. The van der Waals surface area contributed by atoms with Gasteiger partial charge in [-0.1, -0.05) is 22.0 Å². The van der Waals surface area contributed by atoms with Crippen molar-refractivity contribution < 1.29 is 18.7 Å².